The molecule has 0 bridgehead atoms. The molecule has 2 unspecified atom stereocenters. The summed E-state index contributed by atoms with van der Waals surface area (Å²) in [7, 11) is 0. The van der Waals surface area contributed by atoms with E-state index in [1.54, 1.807) is 0 Å². The minimum absolute atomic E-state index is 0. The summed E-state index contributed by atoms with van der Waals surface area (Å²) in [6, 6.07) is 0.445. The Morgan fingerprint density at radius 2 is 2.18 bits per heavy atom. The summed E-state index contributed by atoms with van der Waals surface area (Å²) < 4.78 is 2.23. The molecule has 1 aromatic rings. The first-order chi connectivity index (χ1) is 10.1. The van der Waals surface area contributed by atoms with Crippen molar-refractivity contribution in [3.05, 3.63) is 11.6 Å². The van der Waals surface area contributed by atoms with E-state index in [-0.39, 0.29) is 24.0 Å². The lowest BCUT2D eigenvalue weighted by atomic mass is 9.99. The summed E-state index contributed by atoms with van der Waals surface area (Å²) in [6.07, 6.45) is 3.25. The molecule has 0 aromatic carbocycles. The predicted molar refractivity (Wildman–Crippen MR) is 101 cm³/mol. The van der Waals surface area contributed by atoms with Gasteiger partial charge in [0.2, 0.25) is 0 Å². The molecule has 2 rings (SSSR count). The zero-order valence-corrected chi connectivity index (χ0v) is 16.4. The maximum atomic E-state index is 4.75. The van der Waals surface area contributed by atoms with Gasteiger partial charge >= 0.3 is 0 Å². The van der Waals surface area contributed by atoms with Crippen molar-refractivity contribution in [1.82, 2.24) is 25.4 Å². The third kappa shape index (κ3) is 5.10. The van der Waals surface area contributed by atoms with Gasteiger partial charge in [-0.25, -0.2) is 0 Å². The number of aliphatic imine (C=N–C) groups is 1. The lowest BCUT2D eigenvalue weighted by molar-refractivity contribution is 0.369. The lowest BCUT2D eigenvalue weighted by Gasteiger charge is -2.23. The van der Waals surface area contributed by atoms with Gasteiger partial charge < -0.3 is 15.2 Å². The molecular weight excluding hydrogens is 391 g/mol. The second kappa shape index (κ2) is 9.32. The van der Waals surface area contributed by atoms with Crippen LogP contribution in [-0.2, 0) is 13.0 Å². The molecule has 2 heterocycles. The van der Waals surface area contributed by atoms with Crippen LogP contribution in [0.25, 0.3) is 0 Å². The number of halogens is 1. The first-order valence-corrected chi connectivity index (χ1v) is 8.07. The summed E-state index contributed by atoms with van der Waals surface area (Å²) in [6.45, 7) is 11.2. The largest absolute Gasteiger partial charge is 0.357 e. The third-order valence-electron chi connectivity index (χ3n) is 4.08. The normalized spacial score (nSPS) is 19.1. The summed E-state index contributed by atoms with van der Waals surface area (Å²) in [5.41, 5.74) is 0. The van der Waals surface area contributed by atoms with E-state index in [1.165, 1.54) is 0 Å². The van der Waals surface area contributed by atoms with Gasteiger partial charge in [0.15, 0.2) is 5.96 Å². The number of hydrogen-bond acceptors (Lipinski definition) is 3. The zero-order valence-electron chi connectivity index (χ0n) is 14.1. The Morgan fingerprint density at radius 3 is 2.86 bits per heavy atom. The van der Waals surface area contributed by atoms with Gasteiger partial charge in [0, 0.05) is 32.1 Å². The molecule has 0 radical (unpaired) electrons. The van der Waals surface area contributed by atoms with Crippen LogP contribution >= 0.6 is 24.0 Å². The van der Waals surface area contributed by atoms with Crippen molar-refractivity contribution in [3.63, 3.8) is 0 Å². The van der Waals surface area contributed by atoms with Gasteiger partial charge in [0.05, 0.1) is 0 Å². The van der Waals surface area contributed by atoms with Crippen molar-refractivity contribution in [3.8, 4) is 0 Å². The number of aryl methyl sites for hydroxylation is 2. The fraction of sp³-hybridized carbons (Fsp3) is 0.800. The van der Waals surface area contributed by atoms with Crippen molar-refractivity contribution >= 4 is 29.9 Å². The molecule has 126 valence electrons. The van der Waals surface area contributed by atoms with E-state index in [9.17, 15) is 0 Å². The molecule has 1 aliphatic heterocycles. The van der Waals surface area contributed by atoms with Crippen LogP contribution in [0.2, 0.25) is 0 Å². The zero-order chi connectivity index (χ0) is 15.2. The van der Waals surface area contributed by atoms with E-state index < -0.39 is 0 Å². The first kappa shape index (κ1) is 19.2. The molecule has 22 heavy (non-hydrogen) atoms. The number of guanidine groups is 1. The number of aromatic nitrogens is 3. The second-order valence-corrected chi connectivity index (χ2v) is 5.85. The second-order valence-electron chi connectivity index (χ2n) is 5.85. The monoisotopic (exact) mass is 420 g/mol. The number of rotatable bonds is 5. The van der Waals surface area contributed by atoms with Crippen LogP contribution in [0.5, 0.6) is 0 Å². The summed E-state index contributed by atoms with van der Waals surface area (Å²) in [4.78, 5) is 4.75. The number of hydrogen-bond donors (Lipinski definition) is 2. The number of nitrogens with zero attached hydrogens (tertiary/aromatic N) is 4. The average Bonchev–Trinajstić information content (AvgIpc) is 2.86. The maximum Gasteiger partial charge on any atom is 0.191 e. The van der Waals surface area contributed by atoms with Crippen molar-refractivity contribution in [2.24, 2.45) is 10.9 Å². The van der Waals surface area contributed by atoms with Crippen molar-refractivity contribution in [2.45, 2.75) is 59.5 Å². The molecule has 2 atom stereocenters. The molecule has 1 aromatic heterocycles. The quantitative estimate of drug-likeness (QED) is 0.435. The highest BCUT2D eigenvalue weighted by Gasteiger charge is 2.21. The van der Waals surface area contributed by atoms with E-state index in [2.05, 4.69) is 46.2 Å². The van der Waals surface area contributed by atoms with Gasteiger partial charge in [-0.15, -0.1) is 34.2 Å². The van der Waals surface area contributed by atoms with Gasteiger partial charge in [-0.05, 0) is 39.5 Å². The van der Waals surface area contributed by atoms with Crippen LogP contribution < -0.4 is 10.6 Å². The Labute approximate surface area is 150 Å². The minimum atomic E-state index is 0. The SMILES string of the molecule is CCNC(=NCC1CCc2nnc(C)n2C1)NC(C)CC.I. The molecule has 1 aliphatic rings. The summed E-state index contributed by atoms with van der Waals surface area (Å²) in [5.74, 6) is 3.64. The Kier molecular flexibility index (Phi) is 8.13. The van der Waals surface area contributed by atoms with Crippen molar-refractivity contribution in [2.75, 3.05) is 13.1 Å². The first-order valence-electron chi connectivity index (χ1n) is 8.07. The Bertz CT molecular complexity index is 484. The lowest BCUT2D eigenvalue weighted by Crippen LogP contribution is -2.42. The van der Waals surface area contributed by atoms with Crippen molar-refractivity contribution < 1.29 is 0 Å². The highest BCUT2D eigenvalue weighted by atomic mass is 127. The standard InChI is InChI=1S/C15H28N6.HI/c1-5-11(3)18-15(16-6-2)17-9-13-7-8-14-20-19-12(4)21(14)10-13;/h11,13H,5-10H2,1-4H3,(H2,16,17,18);1H. The van der Waals surface area contributed by atoms with Crippen LogP contribution in [0.4, 0.5) is 0 Å². The van der Waals surface area contributed by atoms with Gasteiger partial charge in [-0.1, -0.05) is 6.92 Å². The highest BCUT2D eigenvalue weighted by molar-refractivity contribution is 14.0. The molecule has 6 nitrogen and oxygen atoms in total. The molecule has 7 heteroatoms. The average molecular weight is 420 g/mol. The van der Waals surface area contributed by atoms with Crippen LogP contribution in [-0.4, -0.2) is 39.9 Å². The van der Waals surface area contributed by atoms with E-state index in [0.29, 0.717) is 12.0 Å². The van der Waals surface area contributed by atoms with Gasteiger partial charge in [-0.3, -0.25) is 4.99 Å². The summed E-state index contributed by atoms with van der Waals surface area (Å²) >= 11 is 0. The molecule has 0 aliphatic carbocycles. The molecular formula is C15H29IN6. The highest BCUT2D eigenvalue weighted by Crippen LogP contribution is 2.19. The Morgan fingerprint density at radius 1 is 1.41 bits per heavy atom. The molecule has 0 amide bonds. The van der Waals surface area contributed by atoms with Crippen LogP contribution in [0.15, 0.2) is 4.99 Å². The van der Waals surface area contributed by atoms with E-state index in [1.807, 2.05) is 6.92 Å². The molecule has 0 spiro atoms. The van der Waals surface area contributed by atoms with E-state index in [0.717, 1.165) is 56.5 Å². The van der Waals surface area contributed by atoms with Crippen LogP contribution in [0.1, 0.15) is 45.3 Å². The topological polar surface area (TPSA) is 67.1 Å². The smallest absolute Gasteiger partial charge is 0.191 e. The maximum absolute atomic E-state index is 4.75. The third-order valence-corrected chi connectivity index (χ3v) is 4.08. The van der Waals surface area contributed by atoms with E-state index in [4.69, 9.17) is 4.99 Å². The van der Waals surface area contributed by atoms with Gasteiger partial charge in [0.1, 0.15) is 11.6 Å². The molecule has 2 N–H and O–H groups in total. The minimum Gasteiger partial charge on any atom is -0.357 e. The molecule has 0 saturated carbocycles. The number of nitrogens with one attached hydrogen (secondary N) is 2. The Hall–Kier alpha value is -0.860. The molecule has 0 fully saturated rings. The predicted octanol–water partition coefficient (Wildman–Crippen LogP) is 2.12. The van der Waals surface area contributed by atoms with Crippen LogP contribution in [0.3, 0.4) is 0 Å². The Balaban J connectivity index is 0.00000242. The fourth-order valence-electron chi connectivity index (χ4n) is 2.55. The fourth-order valence-corrected chi connectivity index (χ4v) is 2.55. The van der Waals surface area contributed by atoms with Gasteiger partial charge in [-0.2, -0.15) is 0 Å². The van der Waals surface area contributed by atoms with Gasteiger partial charge in [0.25, 0.3) is 0 Å². The number of fused-ring (bicyclic) bond motifs is 1. The molecule has 0 saturated heterocycles. The summed E-state index contributed by atoms with van der Waals surface area (Å²) in [5, 5.41) is 15.1. The van der Waals surface area contributed by atoms with Crippen molar-refractivity contribution in [1.29, 1.82) is 0 Å². The van der Waals surface area contributed by atoms with Crippen LogP contribution in [0, 0.1) is 12.8 Å². The van der Waals surface area contributed by atoms with E-state index >= 15 is 0 Å².